The first-order valence-corrected chi connectivity index (χ1v) is 11.0. The summed E-state index contributed by atoms with van der Waals surface area (Å²) >= 11 is 1.27. The van der Waals surface area contributed by atoms with E-state index < -0.39 is 0 Å². The quantitative estimate of drug-likeness (QED) is 0.514. The van der Waals surface area contributed by atoms with E-state index in [2.05, 4.69) is 15.6 Å². The molecule has 2 amide bonds. The van der Waals surface area contributed by atoms with E-state index in [0.29, 0.717) is 17.4 Å². The number of benzene rings is 1. The Morgan fingerprint density at radius 3 is 2.66 bits per heavy atom. The number of carbonyl (C=O) groups is 2. The van der Waals surface area contributed by atoms with Crippen LogP contribution in [0.5, 0.6) is 0 Å². The van der Waals surface area contributed by atoms with Gasteiger partial charge in [-0.3, -0.25) is 9.59 Å². The number of aromatic nitrogens is 2. The number of thioether (sulfide) groups is 1. The van der Waals surface area contributed by atoms with Crippen LogP contribution in [0.25, 0.3) is 0 Å². The number of nitrogens with one attached hydrogen (secondary N) is 2. The molecule has 0 atom stereocenters. The fourth-order valence-corrected chi connectivity index (χ4v) is 4.29. The molecule has 7 nitrogen and oxygen atoms in total. The number of rotatable bonds is 10. The van der Waals surface area contributed by atoms with Gasteiger partial charge in [0, 0.05) is 12.6 Å². The van der Waals surface area contributed by atoms with Crippen molar-refractivity contribution in [1.29, 1.82) is 0 Å². The van der Waals surface area contributed by atoms with Crippen molar-refractivity contribution in [3.05, 3.63) is 47.8 Å². The summed E-state index contributed by atoms with van der Waals surface area (Å²) in [5, 5.41) is 16.1. The largest absolute Gasteiger partial charge is 0.390 e. The molecular weight excluding hydrogens is 388 g/mol. The van der Waals surface area contributed by atoms with Crippen molar-refractivity contribution in [2.45, 2.75) is 56.5 Å². The van der Waals surface area contributed by atoms with Gasteiger partial charge in [0.05, 0.1) is 24.3 Å². The van der Waals surface area contributed by atoms with Crippen LogP contribution in [0.15, 0.2) is 41.7 Å². The Morgan fingerprint density at radius 1 is 1.17 bits per heavy atom. The number of carbonyl (C=O) groups excluding carboxylic acids is 2. The van der Waals surface area contributed by atoms with Crippen molar-refractivity contribution < 1.29 is 14.7 Å². The van der Waals surface area contributed by atoms with Crippen LogP contribution in [0.1, 0.15) is 36.9 Å². The first-order chi connectivity index (χ1) is 14.2. The van der Waals surface area contributed by atoms with E-state index in [1.165, 1.54) is 17.3 Å². The maximum atomic E-state index is 12.4. The van der Waals surface area contributed by atoms with Crippen LogP contribution in [-0.4, -0.2) is 44.8 Å². The molecule has 2 aromatic rings. The average molecular weight is 417 g/mol. The summed E-state index contributed by atoms with van der Waals surface area (Å²) < 4.78 is 1.69. The third kappa shape index (κ3) is 6.61. The number of aliphatic hydroxyl groups excluding tert-OH is 1. The van der Waals surface area contributed by atoms with Crippen LogP contribution < -0.4 is 10.6 Å². The maximum absolute atomic E-state index is 12.4. The number of aliphatic hydroxyl groups is 1. The van der Waals surface area contributed by atoms with E-state index in [0.717, 1.165) is 32.1 Å². The second kappa shape index (κ2) is 11.0. The standard InChI is InChI=1S/C21H28N4O3S/c26-14-18-12-23-21(25(18)13-19(27)24-17-8-4-5-9-17)29-15-20(28)22-11-10-16-6-2-1-3-7-16/h1-3,6-7,12,17,26H,4-5,8-11,13-15H2,(H,22,28)(H,24,27). The van der Waals surface area contributed by atoms with E-state index in [1.807, 2.05) is 30.3 Å². The highest BCUT2D eigenvalue weighted by molar-refractivity contribution is 7.99. The fourth-order valence-electron chi connectivity index (χ4n) is 3.46. The number of hydrogen-bond donors (Lipinski definition) is 3. The molecule has 0 unspecified atom stereocenters. The molecule has 1 fully saturated rings. The molecule has 1 heterocycles. The summed E-state index contributed by atoms with van der Waals surface area (Å²) in [7, 11) is 0. The van der Waals surface area contributed by atoms with E-state index in [9.17, 15) is 14.7 Å². The zero-order valence-electron chi connectivity index (χ0n) is 16.5. The molecule has 0 bridgehead atoms. The van der Waals surface area contributed by atoms with Crippen LogP contribution >= 0.6 is 11.8 Å². The van der Waals surface area contributed by atoms with E-state index in [-0.39, 0.29) is 36.8 Å². The Labute approximate surface area is 175 Å². The van der Waals surface area contributed by atoms with Crippen LogP contribution in [0.2, 0.25) is 0 Å². The number of hydrogen-bond acceptors (Lipinski definition) is 5. The molecule has 0 radical (unpaired) electrons. The summed E-state index contributed by atoms with van der Waals surface area (Å²) in [4.78, 5) is 28.8. The summed E-state index contributed by atoms with van der Waals surface area (Å²) in [6, 6.07) is 10.2. The monoisotopic (exact) mass is 416 g/mol. The van der Waals surface area contributed by atoms with Crippen molar-refractivity contribution in [1.82, 2.24) is 20.2 Å². The van der Waals surface area contributed by atoms with Crippen molar-refractivity contribution in [3.63, 3.8) is 0 Å². The zero-order chi connectivity index (χ0) is 20.5. The van der Waals surface area contributed by atoms with Crippen LogP contribution in [0.3, 0.4) is 0 Å². The number of amides is 2. The van der Waals surface area contributed by atoms with Crippen molar-refractivity contribution in [2.75, 3.05) is 12.3 Å². The molecule has 0 spiro atoms. The highest BCUT2D eigenvalue weighted by atomic mass is 32.2. The lowest BCUT2D eigenvalue weighted by molar-refractivity contribution is -0.122. The Morgan fingerprint density at radius 2 is 1.93 bits per heavy atom. The molecule has 1 aliphatic rings. The number of imidazole rings is 1. The van der Waals surface area contributed by atoms with Crippen molar-refractivity contribution in [2.24, 2.45) is 0 Å². The summed E-state index contributed by atoms with van der Waals surface area (Å²) in [5.74, 6) is 0.0428. The first kappa shape index (κ1) is 21.4. The summed E-state index contributed by atoms with van der Waals surface area (Å²) in [6.07, 6.45) is 6.68. The Kier molecular flexibility index (Phi) is 8.13. The summed E-state index contributed by atoms with van der Waals surface area (Å²) in [6.45, 7) is 0.474. The van der Waals surface area contributed by atoms with Gasteiger partial charge >= 0.3 is 0 Å². The van der Waals surface area contributed by atoms with E-state index in [1.54, 1.807) is 10.8 Å². The molecule has 3 N–H and O–H groups in total. The topological polar surface area (TPSA) is 96.2 Å². The smallest absolute Gasteiger partial charge is 0.240 e. The minimum atomic E-state index is -0.201. The Balaban J connectivity index is 1.47. The van der Waals surface area contributed by atoms with Gasteiger partial charge in [-0.05, 0) is 24.8 Å². The molecule has 0 aliphatic heterocycles. The van der Waals surface area contributed by atoms with Gasteiger partial charge in [0.15, 0.2) is 5.16 Å². The SMILES string of the molecule is O=C(CSc1ncc(CO)n1CC(=O)NC1CCCC1)NCCc1ccccc1. The Hall–Kier alpha value is -2.32. The average Bonchev–Trinajstić information content (AvgIpc) is 3.37. The van der Waals surface area contributed by atoms with Gasteiger partial charge in [-0.25, -0.2) is 4.98 Å². The number of nitrogens with zero attached hydrogens (tertiary/aromatic N) is 2. The third-order valence-electron chi connectivity index (χ3n) is 5.00. The van der Waals surface area contributed by atoms with Gasteiger partial charge in [-0.15, -0.1) is 0 Å². The minimum absolute atomic E-state index is 0.0820. The minimum Gasteiger partial charge on any atom is -0.390 e. The molecular formula is C21H28N4O3S. The van der Waals surface area contributed by atoms with Crippen LogP contribution in [0, 0.1) is 0 Å². The van der Waals surface area contributed by atoms with Crippen LogP contribution in [0.4, 0.5) is 0 Å². The Bertz CT molecular complexity index is 804. The molecule has 1 aliphatic carbocycles. The van der Waals surface area contributed by atoms with Crippen LogP contribution in [-0.2, 0) is 29.2 Å². The fraction of sp³-hybridized carbons (Fsp3) is 0.476. The molecule has 1 saturated carbocycles. The van der Waals surface area contributed by atoms with Gasteiger partial charge in [0.25, 0.3) is 0 Å². The molecule has 1 aromatic heterocycles. The molecule has 156 valence electrons. The van der Waals surface area contributed by atoms with Gasteiger partial charge in [-0.2, -0.15) is 0 Å². The molecule has 0 saturated heterocycles. The molecule has 29 heavy (non-hydrogen) atoms. The lowest BCUT2D eigenvalue weighted by atomic mass is 10.1. The van der Waals surface area contributed by atoms with Gasteiger partial charge < -0.3 is 20.3 Å². The molecule has 3 rings (SSSR count). The first-order valence-electron chi connectivity index (χ1n) is 10.0. The van der Waals surface area contributed by atoms with Gasteiger partial charge in [-0.1, -0.05) is 54.9 Å². The third-order valence-corrected chi connectivity index (χ3v) is 5.99. The predicted molar refractivity (Wildman–Crippen MR) is 112 cm³/mol. The maximum Gasteiger partial charge on any atom is 0.240 e. The van der Waals surface area contributed by atoms with Gasteiger partial charge in [0.2, 0.25) is 11.8 Å². The van der Waals surface area contributed by atoms with E-state index in [4.69, 9.17) is 0 Å². The normalized spacial score (nSPS) is 14.1. The summed E-state index contributed by atoms with van der Waals surface area (Å²) in [5.41, 5.74) is 1.75. The lowest BCUT2D eigenvalue weighted by Crippen LogP contribution is -2.35. The predicted octanol–water partition coefficient (Wildman–Crippen LogP) is 1.89. The van der Waals surface area contributed by atoms with E-state index >= 15 is 0 Å². The highest BCUT2D eigenvalue weighted by Gasteiger charge is 2.19. The van der Waals surface area contributed by atoms with Gasteiger partial charge in [0.1, 0.15) is 6.54 Å². The van der Waals surface area contributed by atoms with Crippen molar-refractivity contribution >= 4 is 23.6 Å². The second-order valence-corrected chi connectivity index (χ2v) is 8.14. The van der Waals surface area contributed by atoms with Crippen molar-refractivity contribution in [3.8, 4) is 0 Å². The highest BCUT2D eigenvalue weighted by Crippen LogP contribution is 2.20. The molecule has 8 heteroatoms. The lowest BCUT2D eigenvalue weighted by Gasteiger charge is -2.14. The second-order valence-electron chi connectivity index (χ2n) is 7.20. The zero-order valence-corrected chi connectivity index (χ0v) is 17.3. The molecule has 1 aromatic carbocycles.